The van der Waals surface area contributed by atoms with Crippen molar-refractivity contribution in [3.8, 4) is 5.75 Å². The van der Waals surface area contributed by atoms with Gasteiger partial charge in [-0.2, -0.15) is 0 Å². The quantitative estimate of drug-likeness (QED) is 0.355. The molecule has 3 rings (SSSR count). The third kappa shape index (κ3) is 5.73. The van der Waals surface area contributed by atoms with Crippen molar-refractivity contribution < 1.29 is 19.1 Å². The third-order valence-corrected chi connectivity index (χ3v) is 6.01. The fraction of sp³-hybridized carbons (Fsp3) is 0.462. The minimum absolute atomic E-state index is 0.00704. The maximum absolute atomic E-state index is 12.4. The first-order valence-corrected chi connectivity index (χ1v) is 11.2. The number of carbonyl (C=O) groups excluding carboxylic acids is 2. The van der Waals surface area contributed by atoms with Crippen molar-refractivity contribution >= 4 is 17.9 Å². The highest BCUT2D eigenvalue weighted by Gasteiger charge is 2.37. The summed E-state index contributed by atoms with van der Waals surface area (Å²) in [7, 11) is 1.66. The molecule has 1 unspecified atom stereocenters. The maximum atomic E-state index is 12.4. The first kappa shape index (κ1) is 23.0. The van der Waals surface area contributed by atoms with Gasteiger partial charge in [-0.3, -0.25) is 4.79 Å². The summed E-state index contributed by atoms with van der Waals surface area (Å²) in [6.07, 6.45) is 5.65. The van der Waals surface area contributed by atoms with Crippen LogP contribution in [-0.2, 0) is 20.9 Å². The average Bonchev–Trinajstić information content (AvgIpc) is 3.09. The molecule has 1 heterocycles. The summed E-state index contributed by atoms with van der Waals surface area (Å²) in [6, 6.07) is 15.5. The first-order chi connectivity index (χ1) is 15.1. The van der Waals surface area contributed by atoms with Crippen molar-refractivity contribution in [1.29, 1.82) is 0 Å². The van der Waals surface area contributed by atoms with Gasteiger partial charge in [-0.25, -0.2) is 0 Å². The lowest BCUT2D eigenvalue weighted by atomic mass is 10.0. The number of anilines is 1. The highest BCUT2D eigenvalue weighted by atomic mass is 16.5. The van der Waals surface area contributed by atoms with Crippen LogP contribution in [0.15, 0.2) is 48.5 Å². The number of rotatable bonds is 11. The highest BCUT2D eigenvalue weighted by Crippen LogP contribution is 2.32. The molecule has 5 heteroatoms. The number of methoxy groups -OCH3 is 1. The van der Waals surface area contributed by atoms with E-state index in [1.807, 2.05) is 55.5 Å². The molecule has 0 spiro atoms. The molecule has 1 aliphatic heterocycles. The van der Waals surface area contributed by atoms with Crippen LogP contribution in [0.1, 0.15) is 63.2 Å². The first-order valence-electron chi connectivity index (χ1n) is 11.2. The normalized spacial score (nSPS) is 19.5. The summed E-state index contributed by atoms with van der Waals surface area (Å²) in [4.78, 5) is 25.5. The highest BCUT2D eigenvalue weighted by molar-refractivity contribution is 6.00. The van der Waals surface area contributed by atoms with Crippen LogP contribution in [0, 0.1) is 5.92 Å². The lowest BCUT2D eigenvalue weighted by molar-refractivity contribution is -0.118. The smallest absolute Gasteiger partial charge is 0.228 e. The Kier molecular flexibility index (Phi) is 8.24. The van der Waals surface area contributed by atoms with E-state index in [2.05, 4.69) is 6.92 Å². The van der Waals surface area contributed by atoms with Crippen molar-refractivity contribution in [3.05, 3.63) is 59.7 Å². The van der Waals surface area contributed by atoms with E-state index < -0.39 is 0 Å². The standard InChI is InChI=1S/C26H33NO4/c1-4-5-6-7-25(31-18-20-8-14-23(30-3)15-9-20)21-10-12-22(13-11-21)27-24(17-28)19(2)16-26(27)29/h8-15,17,19,24-25H,4-7,16,18H2,1-3H3/t19-,24+,25?/m1/s1. The van der Waals surface area contributed by atoms with E-state index in [1.54, 1.807) is 12.0 Å². The Morgan fingerprint density at radius 3 is 2.42 bits per heavy atom. The third-order valence-electron chi connectivity index (χ3n) is 6.01. The van der Waals surface area contributed by atoms with Crippen molar-refractivity contribution in [2.45, 2.75) is 64.7 Å². The average molecular weight is 424 g/mol. The number of amides is 1. The predicted molar refractivity (Wildman–Crippen MR) is 122 cm³/mol. The van der Waals surface area contributed by atoms with Gasteiger partial charge < -0.3 is 19.2 Å². The van der Waals surface area contributed by atoms with Crippen molar-refractivity contribution in [3.63, 3.8) is 0 Å². The second kappa shape index (κ2) is 11.1. The fourth-order valence-corrected chi connectivity index (χ4v) is 4.12. The fourth-order valence-electron chi connectivity index (χ4n) is 4.12. The number of hydrogen-bond acceptors (Lipinski definition) is 4. The second-order valence-electron chi connectivity index (χ2n) is 8.31. The number of benzene rings is 2. The molecule has 0 bridgehead atoms. The molecule has 0 saturated carbocycles. The molecule has 5 nitrogen and oxygen atoms in total. The summed E-state index contributed by atoms with van der Waals surface area (Å²) in [6.45, 7) is 4.67. The van der Waals surface area contributed by atoms with E-state index in [-0.39, 0.29) is 24.0 Å². The van der Waals surface area contributed by atoms with Crippen LogP contribution in [0.5, 0.6) is 5.75 Å². The number of hydrogen-bond donors (Lipinski definition) is 0. The van der Waals surface area contributed by atoms with E-state index >= 15 is 0 Å². The number of unbranched alkanes of at least 4 members (excludes halogenated alkanes) is 2. The van der Waals surface area contributed by atoms with Crippen molar-refractivity contribution in [2.75, 3.05) is 12.0 Å². The summed E-state index contributed by atoms with van der Waals surface area (Å²) < 4.78 is 11.5. The molecule has 31 heavy (non-hydrogen) atoms. The Balaban J connectivity index is 1.72. The maximum Gasteiger partial charge on any atom is 0.228 e. The van der Waals surface area contributed by atoms with E-state index in [9.17, 15) is 9.59 Å². The Morgan fingerprint density at radius 1 is 1.10 bits per heavy atom. The van der Waals surface area contributed by atoms with Gasteiger partial charge in [0.1, 0.15) is 12.0 Å². The monoisotopic (exact) mass is 423 g/mol. The summed E-state index contributed by atoms with van der Waals surface area (Å²) in [5.74, 6) is 0.880. The SMILES string of the molecule is CCCCCC(OCc1ccc(OC)cc1)c1ccc(N2C(=O)C[C@@H](C)[C@@H]2C=O)cc1. The molecule has 0 aromatic heterocycles. The van der Waals surface area contributed by atoms with Gasteiger partial charge in [-0.05, 0) is 47.7 Å². The van der Waals surface area contributed by atoms with Gasteiger partial charge in [-0.1, -0.05) is 57.4 Å². The van der Waals surface area contributed by atoms with Crippen molar-refractivity contribution in [2.24, 2.45) is 5.92 Å². The molecule has 0 radical (unpaired) electrons. The molecule has 0 N–H and O–H groups in total. The van der Waals surface area contributed by atoms with Crippen LogP contribution >= 0.6 is 0 Å². The number of nitrogens with zero attached hydrogens (tertiary/aromatic N) is 1. The van der Waals surface area contributed by atoms with E-state index in [0.717, 1.165) is 48.1 Å². The van der Waals surface area contributed by atoms with Crippen LogP contribution in [0.25, 0.3) is 0 Å². The molecule has 1 saturated heterocycles. The molecular weight excluding hydrogens is 390 g/mol. The van der Waals surface area contributed by atoms with Gasteiger partial charge in [0.25, 0.3) is 0 Å². The van der Waals surface area contributed by atoms with E-state index in [1.165, 1.54) is 6.42 Å². The van der Waals surface area contributed by atoms with Gasteiger partial charge in [0.05, 0.1) is 25.9 Å². The predicted octanol–water partition coefficient (Wildman–Crippen LogP) is 5.47. The van der Waals surface area contributed by atoms with Gasteiger partial charge in [0.15, 0.2) is 0 Å². The van der Waals surface area contributed by atoms with Gasteiger partial charge in [0, 0.05) is 12.1 Å². The molecular formula is C26H33NO4. The van der Waals surface area contributed by atoms with Gasteiger partial charge in [-0.15, -0.1) is 0 Å². The summed E-state index contributed by atoms with van der Waals surface area (Å²) in [5.41, 5.74) is 2.97. The van der Waals surface area contributed by atoms with E-state index in [0.29, 0.717) is 13.0 Å². The Labute approximate surface area is 185 Å². The summed E-state index contributed by atoms with van der Waals surface area (Å²) in [5, 5.41) is 0. The molecule has 166 valence electrons. The van der Waals surface area contributed by atoms with Gasteiger partial charge >= 0.3 is 0 Å². The second-order valence-corrected chi connectivity index (χ2v) is 8.31. The molecule has 1 aliphatic rings. The van der Waals surface area contributed by atoms with E-state index in [4.69, 9.17) is 9.47 Å². The van der Waals surface area contributed by atoms with Crippen molar-refractivity contribution in [1.82, 2.24) is 0 Å². The zero-order valence-corrected chi connectivity index (χ0v) is 18.8. The molecule has 2 aromatic rings. The largest absolute Gasteiger partial charge is 0.497 e. The molecule has 1 fully saturated rings. The van der Waals surface area contributed by atoms with Crippen LogP contribution in [0.2, 0.25) is 0 Å². The zero-order chi connectivity index (χ0) is 22.2. The lowest BCUT2D eigenvalue weighted by Crippen LogP contribution is -2.35. The molecule has 2 aromatic carbocycles. The molecule has 1 amide bonds. The van der Waals surface area contributed by atoms with Crippen LogP contribution < -0.4 is 9.64 Å². The number of aldehydes is 1. The zero-order valence-electron chi connectivity index (χ0n) is 18.8. The molecule has 0 aliphatic carbocycles. The topological polar surface area (TPSA) is 55.8 Å². The van der Waals surface area contributed by atoms with Crippen LogP contribution in [0.4, 0.5) is 5.69 Å². The van der Waals surface area contributed by atoms with Crippen LogP contribution in [-0.4, -0.2) is 25.3 Å². The van der Waals surface area contributed by atoms with Crippen LogP contribution in [0.3, 0.4) is 0 Å². The number of ether oxygens (including phenoxy) is 2. The Morgan fingerprint density at radius 2 is 1.81 bits per heavy atom. The minimum Gasteiger partial charge on any atom is -0.497 e. The lowest BCUT2D eigenvalue weighted by Gasteiger charge is -2.24. The van der Waals surface area contributed by atoms with Gasteiger partial charge in [0.2, 0.25) is 5.91 Å². The molecule has 3 atom stereocenters. The summed E-state index contributed by atoms with van der Waals surface area (Å²) >= 11 is 0. The Hall–Kier alpha value is -2.66. The Bertz CT molecular complexity index is 847. The number of carbonyl (C=O) groups is 2. The minimum atomic E-state index is -0.384.